The average Bonchev–Trinajstić information content (AvgIpc) is 2.07. The fourth-order valence-corrected chi connectivity index (χ4v) is 1.35. The highest BCUT2D eigenvalue weighted by Crippen LogP contribution is 2.14. The molecule has 3 heteroatoms. The van der Waals surface area contributed by atoms with E-state index in [4.69, 9.17) is 9.47 Å². The predicted octanol–water partition coefficient (Wildman–Crippen LogP) is 1.43. The zero-order valence-electron chi connectivity index (χ0n) is 9.64. The van der Waals surface area contributed by atoms with E-state index in [1.54, 1.807) is 0 Å². The lowest BCUT2D eigenvalue weighted by Gasteiger charge is -2.39. The molecule has 1 heterocycles. The van der Waals surface area contributed by atoms with Gasteiger partial charge in [-0.1, -0.05) is 13.8 Å². The highest BCUT2D eigenvalue weighted by Gasteiger charge is 2.31. The van der Waals surface area contributed by atoms with Crippen molar-refractivity contribution in [1.29, 1.82) is 0 Å². The zero-order chi connectivity index (χ0) is 10.4. The molecule has 3 nitrogen and oxygen atoms in total. The molecule has 14 heavy (non-hydrogen) atoms. The molecule has 0 aromatic carbocycles. The van der Waals surface area contributed by atoms with E-state index in [2.05, 4.69) is 26.1 Å². The summed E-state index contributed by atoms with van der Waals surface area (Å²) in [4.78, 5) is 0. The molecule has 1 aliphatic heterocycles. The van der Waals surface area contributed by atoms with Crippen molar-refractivity contribution in [3.05, 3.63) is 0 Å². The Hall–Kier alpha value is -0.120. The second-order valence-corrected chi connectivity index (χ2v) is 4.70. The Morgan fingerprint density at radius 3 is 2.43 bits per heavy atom. The van der Waals surface area contributed by atoms with Gasteiger partial charge in [0.25, 0.3) is 0 Å². The smallest absolute Gasteiger partial charge is 0.0903 e. The summed E-state index contributed by atoms with van der Waals surface area (Å²) in [5, 5.41) is 3.20. The minimum Gasteiger partial charge on any atom is -0.379 e. The van der Waals surface area contributed by atoms with Crippen LogP contribution in [-0.2, 0) is 9.47 Å². The molecule has 0 bridgehead atoms. The quantitative estimate of drug-likeness (QED) is 0.632. The van der Waals surface area contributed by atoms with Crippen LogP contribution >= 0.6 is 0 Å². The Morgan fingerprint density at radius 2 is 1.93 bits per heavy atom. The number of ether oxygens (including phenoxy) is 2. The third-order valence-electron chi connectivity index (χ3n) is 2.52. The topological polar surface area (TPSA) is 30.5 Å². The SMILES string of the molecule is CC(C)CCOCCOC1(C)CNC1. The minimum atomic E-state index is 0.0708. The van der Waals surface area contributed by atoms with Gasteiger partial charge in [-0.25, -0.2) is 0 Å². The van der Waals surface area contributed by atoms with E-state index in [-0.39, 0.29) is 5.60 Å². The monoisotopic (exact) mass is 201 g/mol. The van der Waals surface area contributed by atoms with Crippen LogP contribution < -0.4 is 5.32 Å². The van der Waals surface area contributed by atoms with Crippen LogP contribution in [0.2, 0.25) is 0 Å². The van der Waals surface area contributed by atoms with E-state index >= 15 is 0 Å². The molecular formula is C11H23NO2. The molecule has 1 saturated heterocycles. The fourth-order valence-electron chi connectivity index (χ4n) is 1.35. The first-order valence-corrected chi connectivity index (χ1v) is 5.55. The number of rotatable bonds is 7. The van der Waals surface area contributed by atoms with Crippen LogP contribution in [-0.4, -0.2) is 38.5 Å². The van der Waals surface area contributed by atoms with E-state index in [9.17, 15) is 0 Å². The Balaban J connectivity index is 1.84. The van der Waals surface area contributed by atoms with Crippen molar-refractivity contribution in [2.75, 3.05) is 32.9 Å². The van der Waals surface area contributed by atoms with Gasteiger partial charge in [-0.05, 0) is 19.3 Å². The molecule has 0 atom stereocenters. The maximum atomic E-state index is 5.68. The number of nitrogens with one attached hydrogen (secondary N) is 1. The molecule has 1 N–H and O–H groups in total. The molecule has 0 aromatic heterocycles. The van der Waals surface area contributed by atoms with E-state index in [1.807, 2.05) is 0 Å². The van der Waals surface area contributed by atoms with E-state index < -0.39 is 0 Å². The van der Waals surface area contributed by atoms with Crippen molar-refractivity contribution in [3.8, 4) is 0 Å². The van der Waals surface area contributed by atoms with Gasteiger partial charge in [0.15, 0.2) is 0 Å². The lowest BCUT2D eigenvalue weighted by Crippen LogP contribution is -2.59. The van der Waals surface area contributed by atoms with Crippen LogP contribution in [0.1, 0.15) is 27.2 Å². The highest BCUT2D eigenvalue weighted by atomic mass is 16.5. The van der Waals surface area contributed by atoms with Crippen LogP contribution in [0.4, 0.5) is 0 Å². The van der Waals surface area contributed by atoms with Crippen molar-refractivity contribution >= 4 is 0 Å². The lowest BCUT2D eigenvalue weighted by atomic mass is 10.0. The van der Waals surface area contributed by atoms with Gasteiger partial charge in [-0.2, -0.15) is 0 Å². The summed E-state index contributed by atoms with van der Waals surface area (Å²) in [6.07, 6.45) is 1.14. The molecular weight excluding hydrogens is 178 g/mol. The van der Waals surface area contributed by atoms with E-state index in [0.717, 1.165) is 45.2 Å². The Kier molecular flexibility index (Phi) is 4.85. The van der Waals surface area contributed by atoms with Crippen LogP contribution in [0.25, 0.3) is 0 Å². The normalized spacial score (nSPS) is 19.7. The molecule has 1 aliphatic rings. The van der Waals surface area contributed by atoms with Gasteiger partial charge in [0, 0.05) is 19.7 Å². The summed E-state index contributed by atoms with van der Waals surface area (Å²) >= 11 is 0. The van der Waals surface area contributed by atoms with Crippen molar-refractivity contribution < 1.29 is 9.47 Å². The van der Waals surface area contributed by atoms with Crippen molar-refractivity contribution in [2.45, 2.75) is 32.8 Å². The third-order valence-corrected chi connectivity index (χ3v) is 2.52. The summed E-state index contributed by atoms with van der Waals surface area (Å²) < 4.78 is 11.1. The largest absolute Gasteiger partial charge is 0.379 e. The molecule has 0 unspecified atom stereocenters. The van der Waals surface area contributed by atoms with Crippen LogP contribution in [0.3, 0.4) is 0 Å². The fraction of sp³-hybridized carbons (Fsp3) is 1.00. The van der Waals surface area contributed by atoms with Gasteiger partial charge in [0.05, 0.1) is 18.8 Å². The summed E-state index contributed by atoms with van der Waals surface area (Å²) in [5.74, 6) is 0.726. The zero-order valence-corrected chi connectivity index (χ0v) is 9.64. The first-order valence-electron chi connectivity index (χ1n) is 5.55. The molecule has 0 saturated carbocycles. The molecule has 0 amide bonds. The maximum Gasteiger partial charge on any atom is 0.0903 e. The highest BCUT2D eigenvalue weighted by molar-refractivity contribution is 4.89. The Bertz CT molecular complexity index is 155. The van der Waals surface area contributed by atoms with E-state index in [0.29, 0.717) is 0 Å². The van der Waals surface area contributed by atoms with Gasteiger partial charge < -0.3 is 14.8 Å². The molecule has 0 spiro atoms. The van der Waals surface area contributed by atoms with Crippen LogP contribution in [0, 0.1) is 5.92 Å². The first-order chi connectivity index (χ1) is 6.62. The molecule has 0 radical (unpaired) electrons. The van der Waals surface area contributed by atoms with Gasteiger partial charge in [0.1, 0.15) is 0 Å². The van der Waals surface area contributed by atoms with Gasteiger partial charge in [-0.3, -0.25) is 0 Å². The number of hydrogen-bond acceptors (Lipinski definition) is 3. The van der Waals surface area contributed by atoms with Gasteiger partial charge >= 0.3 is 0 Å². The molecule has 0 aromatic rings. The number of hydrogen-bond donors (Lipinski definition) is 1. The standard InChI is InChI=1S/C11H23NO2/c1-10(2)4-5-13-6-7-14-11(3)8-12-9-11/h10,12H,4-9H2,1-3H3. The Labute approximate surface area is 87.2 Å². The lowest BCUT2D eigenvalue weighted by molar-refractivity contribution is -0.0851. The van der Waals surface area contributed by atoms with Crippen LogP contribution in [0.15, 0.2) is 0 Å². The molecule has 1 fully saturated rings. The summed E-state index contributed by atoms with van der Waals surface area (Å²) in [6.45, 7) is 10.8. The van der Waals surface area contributed by atoms with Crippen molar-refractivity contribution in [1.82, 2.24) is 5.32 Å². The second-order valence-electron chi connectivity index (χ2n) is 4.70. The average molecular weight is 201 g/mol. The second kappa shape index (κ2) is 5.69. The van der Waals surface area contributed by atoms with Gasteiger partial charge in [-0.15, -0.1) is 0 Å². The van der Waals surface area contributed by atoms with E-state index in [1.165, 1.54) is 0 Å². The third kappa shape index (κ3) is 4.40. The minimum absolute atomic E-state index is 0.0708. The van der Waals surface area contributed by atoms with Crippen molar-refractivity contribution in [2.24, 2.45) is 5.92 Å². The summed E-state index contributed by atoms with van der Waals surface area (Å²) in [6, 6.07) is 0. The molecule has 84 valence electrons. The Morgan fingerprint density at radius 1 is 1.21 bits per heavy atom. The van der Waals surface area contributed by atoms with Gasteiger partial charge in [0.2, 0.25) is 0 Å². The first kappa shape index (κ1) is 12.0. The predicted molar refractivity (Wildman–Crippen MR) is 57.5 cm³/mol. The van der Waals surface area contributed by atoms with Crippen LogP contribution in [0.5, 0.6) is 0 Å². The molecule has 1 rings (SSSR count). The maximum absolute atomic E-state index is 5.68. The summed E-state index contributed by atoms with van der Waals surface area (Å²) in [7, 11) is 0. The summed E-state index contributed by atoms with van der Waals surface area (Å²) in [5.41, 5.74) is 0.0708. The molecule has 0 aliphatic carbocycles. The van der Waals surface area contributed by atoms with Crippen molar-refractivity contribution in [3.63, 3.8) is 0 Å².